The first-order valence-corrected chi connectivity index (χ1v) is 5.73. The van der Waals surface area contributed by atoms with Crippen LogP contribution in [0.3, 0.4) is 0 Å². The zero-order valence-electron chi connectivity index (χ0n) is 9.95. The maximum atomic E-state index is 11.5. The fourth-order valence-electron chi connectivity index (χ4n) is 2.04. The Kier molecular flexibility index (Phi) is 4.38. The normalized spacial score (nSPS) is 27.9. The first-order valence-electron chi connectivity index (χ1n) is 5.73. The maximum Gasteiger partial charge on any atom is 0.329 e. The second-order valence-corrected chi connectivity index (χ2v) is 4.58. The van der Waals surface area contributed by atoms with Gasteiger partial charge in [0.15, 0.2) is 0 Å². The second-order valence-electron chi connectivity index (χ2n) is 4.58. The number of carbonyl (C=O) groups is 2. The summed E-state index contributed by atoms with van der Waals surface area (Å²) in [5.41, 5.74) is -1.13. The van der Waals surface area contributed by atoms with Crippen LogP contribution in [0.25, 0.3) is 0 Å². The Morgan fingerprint density at radius 2 is 2.06 bits per heavy atom. The van der Waals surface area contributed by atoms with E-state index in [2.05, 4.69) is 23.5 Å². The summed E-state index contributed by atoms with van der Waals surface area (Å²) in [5.74, 6) is 1.81. The van der Waals surface area contributed by atoms with E-state index in [1.807, 2.05) is 0 Å². The van der Waals surface area contributed by atoms with Gasteiger partial charge in [-0.3, -0.25) is 0 Å². The van der Waals surface area contributed by atoms with Crippen LogP contribution in [0.2, 0.25) is 0 Å². The molecule has 94 valence electrons. The van der Waals surface area contributed by atoms with Crippen LogP contribution in [0.4, 0.5) is 4.79 Å². The SMILES string of the molecule is C#CCNC(=O)NC1(C(=O)O)CCC(C)CC1. The van der Waals surface area contributed by atoms with Crippen LogP contribution in [0.1, 0.15) is 32.6 Å². The summed E-state index contributed by atoms with van der Waals surface area (Å²) < 4.78 is 0. The van der Waals surface area contributed by atoms with Gasteiger partial charge in [-0.15, -0.1) is 6.42 Å². The van der Waals surface area contributed by atoms with E-state index < -0.39 is 17.5 Å². The van der Waals surface area contributed by atoms with Crippen molar-refractivity contribution in [3.8, 4) is 12.3 Å². The quantitative estimate of drug-likeness (QED) is 0.641. The third-order valence-electron chi connectivity index (χ3n) is 3.24. The predicted octanol–water partition coefficient (Wildman–Crippen LogP) is 0.952. The molecule has 0 aliphatic heterocycles. The average molecular weight is 238 g/mol. The number of aliphatic carboxylic acids is 1. The summed E-state index contributed by atoms with van der Waals surface area (Å²) in [4.78, 5) is 22.8. The average Bonchev–Trinajstić information content (AvgIpc) is 2.29. The van der Waals surface area contributed by atoms with E-state index in [0.29, 0.717) is 18.8 Å². The molecule has 0 heterocycles. The number of nitrogens with one attached hydrogen (secondary N) is 2. The van der Waals surface area contributed by atoms with Gasteiger partial charge in [0.1, 0.15) is 5.54 Å². The Balaban J connectivity index is 2.64. The van der Waals surface area contributed by atoms with E-state index in [-0.39, 0.29) is 6.54 Å². The predicted molar refractivity (Wildman–Crippen MR) is 63.4 cm³/mol. The lowest BCUT2D eigenvalue weighted by molar-refractivity contribution is -0.146. The van der Waals surface area contributed by atoms with Crippen molar-refractivity contribution in [2.75, 3.05) is 6.54 Å². The Bertz CT molecular complexity index is 338. The molecular formula is C12H18N2O3. The highest BCUT2D eigenvalue weighted by Crippen LogP contribution is 2.32. The topological polar surface area (TPSA) is 78.4 Å². The van der Waals surface area contributed by atoms with Crippen LogP contribution in [-0.4, -0.2) is 29.2 Å². The van der Waals surface area contributed by atoms with Crippen LogP contribution in [0.15, 0.2) is 0 Å². The van der Waals surface area contributed by atoms with Crippen LogP contribution < -0.4 is 10.6 Å². The lowest BCUT2D eigenvalue weighted by Crippen LogP contribution is -2.58. The first kappa shape index (κ1) is 13.4. The molecule has 0 spiro atoms. The van der Waals surface area contributed by atoms with Crippen molar-refractivity contribution in [3.05, 3.63) is 0 Å². The van der Waals surface area contributed by atoms with Crippen molar-refractivity contribution < 1.29 is 14.7 Å². The Labute approximate surface area is 101 Å². The van der Waals surface area contributed by atoms with Crippen LogP contribution >= 0.6 is 0 Å². The summed E-state index contributed by atoms with van der Waals surface area (Å²) >= 11 is 0. The molecule has 1 aliphatic carbocycles. The molecule has 5 heteroatoms. The summed E-state index contributed by atoms with van der Waals surface area (Å²) in [6, 6.07) is -0.514. The highest BCUT2D eigenvalue weighted by atomic mass is 16.4. The lowest BCUT2D eigenvalue weighted by atomic mass is 9.77. The van der Waals surface area contributed by atoms with Crippen LogP contribution in [-0.2, 0) is 4.79 Å². The van der Waals surface area contributed by atoms with E-state index >= 15 is 0 Å². The van der Waals surface area contributed by atoms with Gasteiger partial charge in [0, 0.05) is 0 Å². The van der Waals surface area contributed by atoms with E-state index in [1.54, 1.807) is 0 Å². The van der Waals surface area contributed by atoms with Gasteiger partial charge in [0.05, 0.1) is 6.54 Å². The molecule has 1 aliphatic rings. The number of carbonyl (C=O) groups excluding carboxylic acids is 1. The van der Waals surface area contributed by atoms with Crippen molar-refractivity contribution in [2.24, 2.45) is 5.92 Å². The van der Waals surface area contributed by atoms with Crippen molar-refractivity contribution in [1.29, 1.82) is 0 Å². The highest BCUT2D eigenvalue weighted by Gasteiger charge is 2.42. The van der Waals surface area contributed by atoms with E-state index in [1.165, 1.54) is 0 Å². The van der Waals surface area contributed by atoms with Gasteiger partial charge in [-0.2, -0.15) is 0 Å². The zero-order valence-corrected chi connectivity index (χ0v) is 9.95. The molecule has 0 atom stereocenters. The van der Waals surface area contributed by atoms with Gasteiger partial charge in [-0.1, -0.05) is 12.8 Å². The fourth-order valence-corrected chi connectivity index (χ4v) is 2.04. The minimum absolute atomic E-state index is 0.0952. The van der Waals surface area contributed by atoms with E-state index in [9.17, 15) is 14.7 Å². The second kappa shape index (κ2) is 5.58. The maximum absolute atomic E-state index is 11.5. The van der Waals surface area contributed by atoms with E-state index in [0.717, 1.165) is 12.8 Å². The summed E-state index contributed by atoms with van der Waals surface area (Å²) in [5, 5.41) is 14.2. The molecule has 0 unspecified atom stereocenters. The molecule has 2 amide bonds. The number of carboxylic acid groups (broad SMARTS) is 1. The molecule has 1 saturated carbocycles. The number of hydrogen-bond donors (Lipinski definition) is 3. The molecule has 0 radical (unpaired) electrons. The van der Waals surface area contributed by atoms with Crippen molar-refractivity contribution >= 4 is 12.0 Å². The highest BCUT2D eigenvalue weighted by molar-refractivity contribution is 5.86. The van der Waals surface area contributed by atoms with Gasteiger partial charge in [-0.25, -0.2) is 9.59 Å². The molecule has 3 N–H and O–H groups in total. The standard InChI is InChI=1S/C12H18N2O3/c1-3-8-13-11(17)14-12(10(15)16)6-4-9(2)5-7-12/h1,9H,4-8H2,2H3,(H,15,16)(H2,13,14,17). The molecule has 1 rings (SSSR count). The summed E-state index contributed by atoms with van der Waals surface area (Å²) in [6.07, 6.45) is 7.56. The van der Waals surface area contributed by atoms with Gasteiger partial charge in [0.2, 0.25) is 0 Å². The molecule has 1 fully saturated rings. The molecule has 0 aromatic heterocycles. The molecular weight excluding hydrogens is 220 g/mol. The zero-order chi connectivity index (χ0) is 12.9. The number of carboxylic acids is 1. The number of amides is 2. The minimum atomic E-state index is -1.13. The molecule has 0 bridgehead atoms. The number of hydrogen-bond acceptors (Lipinski definition) is 2. The Hall–Kier alpha value is -1.70. The number of urea groups is 1. The molecule has 0 aromatic carbocycles. The summed E-state index contributed by atoms with van der Waals surface area (Å²) in [7, 11) is 0. The summed E-state index contributed by atoms with van der Waals surface area (Å²) in [6.45, 7) is 2.18. The van der Waals surface area contributed by atoms with Crippen LogP contribution in [0, 0.1) is 18.3 Å². The van der Waals surface area contributed by atoms with Gasteiger partial charge < -0.3 is 15.7 Å². The monoisotopic (exact) mass is 238 g/mol. The first-order chi connectivity index (χ1) is 8.00. The fraction of sp³-hybridized carbons (Fsp3) is 0.667. The van der Waals surface area contributed by atoms with Crippen molar-refractivity contribution in [1.82, 2.24) is 10.6 Å². The van der Waals surface area contributed by atoms with Crippen molar-refractivity contribution in [3.63, 3.8) is 0 Å². The third kappa shape index (κ3) is 3.38. The third-order valence-corrected chi connectivity index (χ3v) is 3.24. The molecule has 5 nitrogen and oxygen atoms in total. The lowest BCUT2D eigenvalue weighted by Gasteiger charge is -2.36. The van der Waals surface area contributed by atoms with Gasteiger partial charge in [-0.05, 0) is 31.6 Å². The number of terminal acetylenes is 1. The van der Waals surface area contributed by atoms with Crippen LogP contribution in [0.5, 0.6) is 0 Å². The Morgan fingerprint density at radius 1 is 1.47 bits per heavy atom. The molecule has 0 saturated heterocycles. The number of rotatable bonds is 3. The van der Waals surface area contributed by atoms with Gasteiger partial charge in [0.25, 0.3) is 0 Å². The molecule has 17 heavy (non-hydrogen) atoms. The van der Waals surface area contributed by atoms with Gasteiger partial charge >= 0.3 is 12.0 Å². The largest absolute Gasteiger partial charge is 0.480 e. The molecule has 0 aromatic rings. The minimum Gasteiger partial charge on any atom is -0.480 e. The smallest absolute Gasteiger partial charge is 0.329 e. The Morgan fingerprint density at radius 3 is 2.53 bits per heavy atom. The van der Waals surface area contributed by atoms with Crippen molar-refractivity contribution in [2.45, 2.75) is 38.1 Å². The van der Waals surface area contributed by atoms with E-state index in [4.69, 9.17) is 6.42 Å².